The second-order valence-electron chi connectivity index (χ2n) is 4.88. The summed E-state index contributed by atoms with van der Waals surface area (Å²) in [6, 6.07) is 5.93. The molecule has 1 rings (SSSR count). The Hall–Kier alpha value is -2.28. The average Bonchev–Trinajstić information content (AvgIpc) is 2.53. The van der Waals surface area contributed by atoms with Crippen molar-refractivity contribution in [3.63, 3.8) is 0 Å². The molecule has 0 saturated heterocycles. The Kier molecular flexibility index (Phi) is 10.2. The molecule has 1 aromatic rings. The van der Waals surface area contributed by atoms with Gasteiger partial charge in [-0.25, -0.2) is 9.59 Å². The fourth-order valence-electron chi connectivity index (χ4n) is 1.80. The number of benzene rings is 1. The van der Waals surface area contributed by atoms with E-state index < -0.39 is 11.9 Å². The van der Waals surface area contributed by atoms with Gasteiger partial charge in [0.2, 0.25) is 0 Å². The summed E-state index contributed by atoms with van der Waals surface area (Å²) in [4.78, 5) is 20.5. The Bertz CT molecular complexity index is 491. The molecule has 0 aliphatic rings. The van der Waals surface area contributed by atoms with Crippen LogP contribution >= 0.6 is 0 Å². The van der Waals surface area contributed by atoms with Gasteiger partial charge >= 0.3 is 11.9 Å². The van der Waals surface area contributed by atoms with Crippen LogP contribution in [0.1, 0.15) is 25.3 Å². The molecule has 0 amide bonds. The normalized spacial score (nSPS) is 9.78. The highest BCUT2D eigenvalue weighted by atomic mass is 16.5. The molecule has 0 unspecified atom stereocenters. The third-order valence-electron chi connectivity index (χ3n) is 3.00. The van der Waals surface area contributed by atoms with Crippen molar-refractivity contribution in [3.8, 4) is 11.5 Å². The van der Waals surface area contributed by atoms with Crippen LogP contribution in [-0.2, 0) is 16.1 Å². The molecule has 7 nitrogen and oxygen atoms in total. The number of rotatable bonds is 7. The fraction of sp³-hybridized carbons (Fsp3) is 0.500. The predicted octanol–water partition coefficient (Wildman–Crippen LogP) is 2.09. The van der Waals surface area contributed by atoms with Crippen LogP contribution in [0.15, 0.2) is 18.2 Å². The van der Waals surface area contributed by atoms with Crippen molar-refractivity contribution >= 4 is 11.9 Å². The summed E-state index contributed by atoms with van der Waals surface area (Å²) in [7, 11) is 5.53. The quantitative estimate of drug-likeness (QED) is 0.740. The minimum absolute atomic E-state index is 0.879. The molecular weight excluding hydrogens is 302 g/mol. The first-order chi connectivity index (χ1) is 10.8. The van der Waals surface area contributed by atoms with E-state index in [0.29, 0.717) is 0 Å². The number of hydrogen-bond donors (Lipinski definition) is 2. The van der Waals surface area contributed by atoms with E-state index >= 15 is 0 Å². The van der Waals surface area contributed by atoms with Gasteiger partial charge in [0.1, 0.15) is 11.5 Å². The fourth-order valence-corrected chi connectivity index (χ4v) is 1.80. The van der Waals surface area contributed by atoms with Crippen molar-refractivity contribution < 1.29 is 29.3 Å². The summed E-state index contributed by atoms with van der Waals surface area (Å²) in [5.74, 6) is -1.84. The zero-order valence-electron chi connectivity index (χ0n) is 14.0. The number of carboxylic acids is 2. The van der Waals surface area contributed by atoms with E-state index in [1.165, 1.54) is 18.4 Å². The number of carbonyl (C=O) groups is 2. The number of hydrogen-bond acceptors (Lipinski definition) is 5. The molecule has 23 heavy (non-hydrogen) atoms. The van der Waals surface area contributed by atoms with E-state index in [1.54, 1.807) is 14.2 Å². The molecule has 0 fully saturated rings. The number of ether oxygens (including phenoxy) is 2. The highest BCUT2D eigenvalue weighted by molar-refractivity contribution is 6.27. The van der Waals surface area contributed by atoms with E-state index in [1.807, 2.05) is 18.2 Å². The number of nitrogens with zero attached hydrogens (tertiary/aromatic N) is 1. The Balaban J connectivity index is 0.000000688. The number of unbranched alkanes of at least 4 members (excludes halogenated alkanes) is 1. The van der Waals surface area contributed by atoms with Crippen molar-refractivity contribution in [2.75, 3.05) is 27.8 Å². The molecule has 130 valence electrons. The topological polar surface area (TPSA) is 96.3 Å². The first kappa shape index (κ1) is 20.7. The molecular formula is C16H25NO6. The minimum atomic E-state index is -1.82. The molecule has 1 aromatic carbocycles. The maximum Gasteiger partial charge on any atom is 0.414 e. The van der Waals surface area contributed by atoms with E-state index in [2.05, 4.69) is 18.9 Å². The highest BCUT2D eigenvalue weighted by Crippen LogP contribution is 2.24. The van der Waals surface area contributed by atoms with Crippen molar-refractivity contribution in [1.82, 2.24) is 4.90 Å². The molecule has 7 heteroatoms. The molecule has 0 aliphatic carbocycles. The molecule has 2 N–H and O–H groups in total. The van der Waals surface area contributed by atoms with Crippen molar-refractivity contribution in [3.05, 3.63) is 23.8 Å². The van der Waals surface area contributed by atoms with Crippen LogP contribution in [0.3, 0.4) is 0 Å². The van der Waals surface area contributed by atoms with E-state index in [-0.39, 0.29) is 0 Å². The number of methoxy groups -OCH3 is 2. The Morgan fingerprint density at radius 2 is 1.74 bits per heavy atom. The van der Waals surface area contributed by atoms with Crippen LogP contribution in [-0.4, -0.2) is 54.9 Å². The lowest BCUT2D eigenvalue weighted by Gasteiger charge is -2.18. The minimum Gasteiger partial charge on any atom is -0.497 e. The lowest BCUT2D eigenvalue weighted by molar-refractivity contribution is -0.159. The smallest absolute Gasteiger partial charge is 0.414 e. The predicted molar refractivity (Wildman–Crippen MR) is 86.1 cm³/mol. The Morgan fingerprint density at radius 1 is 1.13 bits per heavy atom. The standard InChI is InChI=1S/C14H23NO2.C2H2O4/c1-5-6-9-15(2)11-12-10-13(16-3)7-8-14(12)17-4;3-1(4)2(5)6/h7-8,10H,5-6,9,11H2,1-4H3;(H,3,4)(H,5,6). The van der Waals surface area contributed by atoms with Gasteiger partial charge in [0, 0.05) is 12.1 Å². The second-order valence-corrected chi connectivity index (χ2v) is 4.88. The van der Waals surface area contributed by atoms with Crippen LogP contribution in [0.25, 0.3) is 0 Å². The van der Waals surface area contributed by atoms with Gasteiger partial charge in [0.15, 0.2) is 0 Å². The monoisotopic (exact) mass is 327 g/mol. The zero-order valence-corrected chi connectivity index (χ0v) is 14.0. The molecule has 0 aromatic heterocycles. The van der Waals surface area contributed by atoms with Crippen molar-refractivity contribution in [1.29, 1.82) is 0 Å². The van der Waals surface area contributed by atoms with Gasteiger partial charge in [-0.15, -0.1) is 0 Å². The zero-order chi connectivity index (χ0) is 17.8. The summed E-state index contributed by atoms with van der Waals surface area (Å²) < 4.78 is 10.6. The van der Waals surface area contributed by atoms with Gasteiger partial charge in [-0.05, 0) is 38.2 Å². The van der Waals surface area contributed by atoms with Crippen molar-refractivity contribution in [2.24, 2.45) is 0 Å². The third-order valence-corrected chi connectivity index (χ3v) is 3.00. The van der Waals surface area contributed by atoms with Crippen LogP contribution in [0.4, 0.5) is 0 Å². The highest BCUT2D eigenvalue weighted by Gasteiger charge is 2.07. The maximum absolute atomic E-state index is 9.10. The number of carboxylic acid groups (broad SMARTS) is 2. The molecule has 0 aliphatic heterocycles. The summed E-state index contributed by atoms with van der Waals surface area (Å²) in [6.45, 7) is 4.21. The molecule has 0 bridgehead atoms. The van der Waals surface area contributed by atoms with E-state index in [9.17, 15) is 0 Å². The van der Waals surface area contributed by atoms with Crippen LogP contribution in [0.5, 0.6) is 11.5 Å². The van der Waals surface area contributed by atoms with Gasteiger partial charge in [-0.1, -0.05) is 13.3 Å². The van der Waals surface area contributed by atoms with Crippen LogP contribution in [0, 0.1) is 0 Å². The van der Waals surface area contributed by atoms with Gasteiger partial charge in [0.05, 0.1) is 14.2 Å². The molecule has 0 heterocycles. The average molecular weight is 327 g/mol. The van der Waals surface area contributed by atoms with Crippen LogP contribution < -0.4 is 9.47 Å². The van der Waals surface area contributed by atoms with E-state index in [0.717, 1.165) is 24.6 Å². The lowest BCUT2D eigenvalue weighted by Crippen LogP contribution is -2.19. The SMILES string of the molecule is CCCCN(C)Cc1cc(OC)ccc1OC.O=C(O)C(=O)O. The molecule has 0 radical (unpaired) electrons. The summed E-state index contributed by atoms with van der Waals surface area (Å²) in [6.07, 6.45) is 2.45. The first-order valence-electron chi connectivity index (χ1n) is 7.21. The maximum atomic E-state index is 9.10. The number of aliphatic carboxylic acids is 2. The first-order valence-corrected chi connectivity index (χ1v) is 7.21. The Labute approximate surface area is 136 Å². The van der Waals surface area contributed by atoms with Gasteiger partial charge in [-0.2, -0.15) is 0 Å². The summed E-state index contributed by atoms with van der Waals surface area (Å²) >= 11 is 0. The van der Waals surface area contributed by atoms with Crippen LogP contribution in [0.2, 0.25) is 0 Å². The molecule has 0 spiro atoms. The van der Waals surface area contributed by atoms with Crippen molar-refractivity contribution in [2.45, 2.75) is 26.3 Å². The Morgan fingerprint density at radius 3 is 2.17 bits per heavy atom. The second kappa shape index (κ2) is 11.3. The lowest BCUT2D eigenvalue weighted by atomic mass is 10.1. The molecule has 0 saturated carbocycles. The van der Waals surface area contributed by atoms with Gasteiger partial charge < -0.3 is 24.6 Å². The van der Waals surface area contributed by atoms with Gasteiger partial charge in [0.25, 0.3) is 0 Å². The van der Waals surface area contributed by atoms with Gasteiger partial charge in [-0.3, -0.25) is 0 Å². The van der Waals surface area contributed by atoms with E-state index in [4.69, 9.17) is 29.3 Å². The summed E-state index contributed by atoms with van der Waals surface area (Å²) in [5, 5.41) is 14.8. The summed E-state index contributed by atoms with van der Waals surface area (Å²) in [5.41, 5.74) is 1.17. The third kappa shape index (κ3) is 8.67. The molecule has 0 atom stereocenters. The largest absolute Gasteiger partial charge is 0.497 e.